The largest absolute Gasteiger partial charge is 0.381 e. The van der Waals surface area contributed by atoms with Crippen molar-refractivity contribution in [2.45, 2.75) is 70.2 Å². The number of aryl methyl sites for hydroxylation is 1. The van der Waals surface area contributed by atoms with Gasteiger partial charge in [0.25, 0.3) is 5.69 Å². The van der Waals surface area contributed by atoms with Crippen molar-refractivity contribution in [2.24, 2.45) is 5.92 Å². The summed E-state index contributed by atoms with van der Waals surface area (Å²) in [5, 5.41) is 11.0. The Morgan fingerprint density at radius 3 is 2.51 bits per heavy atom. The highest BCUT2D eigenvalue weighted by atomic mass is 32.2. The lowest BCUT2D eigenvalue weighted by Gasteiger charge is -2.23. The number of hydrogen-bond donors (Lipinski definition) is 0. The molecule has 1 aliphatic heterocycles. The number of non-ortho nitro benzene ring substituents is 1. The average Bonchev–Trinajstić information content (AvgIpc) is 3.22. The van der Waals surface area contributed by atoms with Crippen molar-refractivity contribution in [1.82, 2.24) is 9.55 Å². The number of hydrogen-bond acceptors (Lipinski definition) is 6. The number of nitrogens with zero attached hydrogens (tertiary/aromatic N) is 4. The predicted molar refractivity (Wildman–Crippen MR) is 143 cm³/mol. The van der Waals surface area contributed by atoms with Gasteiger partial charge >= 0.3 is 0 Å². The molecule has 0 amide bonds. The van der Waals surface area contributed by atoms with Gasteiger partial charge in [-0.25, -0.2) is 4.98 Å². The number of fused-ring (bicyclic) bond motifs is 1. The van der Waals surface area contributed by atoms with Crippen LogP contribution in [0.15, 0.2) is 47.4 Å². The zero-order valence-corrected chi connectivity index (χ0v) is 22.0. The maximum absolute atomic E-state index is 11.0. The van der Waals surface area contributed by atoms with Crippen LogP contribution in [0.2, 0.25) is 0 Å². The van der Waals surface area contributed by atoms with E-state index in [9.17, 15) is 10.1 Å². The SMILES string of the molecule is CCN(Sc1ccc([N+](=O)[O-])cc1)c1ccc2c(c1)nc(C(C)(C)C)n2CCCC1CCOCC1. The number of ether oxygens (including phenoxy) is 1. The Morgan fingerprint density at radius 2 is 1.89 bits per heavy atom. The first kappa shape index (κ1) is 25.5. The first-order valence-electron chi connectivity index (χ1n) is 12.5. The van der Waals surface area contributed by atoms with E-state index in [4.69, 9.17) is 9.72 Å². The summed E-state index contributed by atoms with van der Waals surface area (Å²) in [6, 6.07) is 13.2. The normalized spacial score (nSPS) is 15.0. The lowest BCUT2D eigenvalue weighted by Crippen LogP contribution is -2.20. The second-order valence-electron chi connectivity index (χ2n) is 10.2. The third kappa shape index (κ3) is 6.16. The second kappa shape index (κ2) is 11.0. The molecule has 8 heteroatoms. The molecule has 0 N–H and O–H groups in total. The van der Waals surface area contributed by atoms with Crippen LogP contribution in [-0.4, -0.2) is 34.2 Å². The molecule has 1 aromatic heterocycles. The van der Waals surface area contributed by atoms with E-state index < -0.39 is 0 Å². The molecule has 0 atom stereocenters. The number of rotatable bonds is 9. The highest BCUT2D eigenvalue weighted by Crippen LogP contribution is 2.34. The Hall–Kier alpha value is -2.58. The van der Waals surface area contributed by atoms with Crippen LogP contribution in [0.3, 0.4) is 0 Å². The van der Waals surface area contributed by atoms with Crippen molar-refractivity contribution in [1.29, 1.82) is 0 Å². The molecule has 3 aromatic rings. The van der Waals surface area contributed by atoms with Crippen LogP contribution in [0.5, 0.6) is 0 Å². The van der Waals surface area contributed by atoms with Gasteiger partial charge in [-0.1, -0.05) is 20.8 Å². The molecule has 0 spiro atoms. The fourth-order valence-corrected chi connectivity index (χ4v) is 5.56. The van der Waals surface area contributed by atoms with Crippen molar-refractivity contribution in [2.75, 3.05) is 24.1 Å². The highest BCUT2D eigenvalue weighted by Gasteiger charge is 2.24. The van der Waals surface area contributed by atoms with Gasteiger partial charge in [0.1, 0.15) is 5.82 Å². The summed E-state index contributed by atoms with van der Waals surface area (Å²) in [6.45, 7) is 12.4. The zero-order chi connectivity index (χ0) is 25.0. The van der Waals surface area contributed by atoms with Crippen LogP contribution < -0.4 is 4.31 Å². The minimum absolute atomic E-state index is 0.0458. The van der Waals surface area contributed by atoms with Crippen LogP contribution in [0, 0.1) is 16.0 Å². The van der Waals surface area contributed by atoms with E-state index in [0.717, 1.165) is 60.6 Å². The molecule has 0 saturated carbocycles. The fourth-order valence-electron chi connectivity index (χ4n) is 4.70. The highest BCUT2D eigenvalue weighted by molar-refractivity contribution is 8.00. The van der Waals surface area contributed by atoms with E-state index in [-0.39, 0.29) is 16.0 Å². The van der Waals surface area contributed by atoms with Gasteiger partial charge < -0.3 is 13.6 Å². The average molecular weight is 497 g/mol. The summed E-state index contributed by atoms with van der Waals surface area (Å²) >= 11 is 1.58. The van der Waals surface area contributed by atoms with E-state index in [1.807, 2.05) is 0 Å². The minimum Gasteiger partial charge on any atom is -0.381 e. The number of nitro groups is 1. The summed E-state index contributed by atoms with van der Waals surface area (Å²) in [6.07, 6.45) is 4.75. The van der Waals surface area contributed by atoms with Gasteiger partial charge in [-0.05, 0) is 80.8 Å². The van der Waals surface area contributed by atoms with Crippen molar-refractivity contribution in [3.8, 4) is 0 Å². The fraction of sp³-hybridized carbons (Fsp3) is 0.519. The van der Waals surface area contributed by atoms with Crippen LogP contribution in [0.1, 0.15) is 59.2 Å². The van der Waals surface area contributed by atoms with Crippen molar-refractivity contribution in [3.63, 3.8) is 0 Å². The van der Waals surface area contributed by atoms with E-state index >= 15 is 0 Å². The monoisotopic (exact) mass is 496 g/mol. The molecule has 1 saturated heterocycles. The smallest absolute Gasteiger partial charge is 0.269 e. The Balaban J connectivity index is 1.55. The summed E-state index contributed by atoms with van der Waals surface area (Å²) in [7, 11) is 0. The minimum atomic E-state index is -0.368. The maximum atomic E-state index is 11.0. The molecule has 1 aliphatic rings. The second-order valence-corrected chi connectivity index (χ2v) is 11.3. The lowest BCUT2D eigenvalue weighted by molar-refractivity contribution is -0.384. The Kier molecular flexibility index (Phi) is 8.02. The standard InChI is InChI=1S/C27H36N4O3S/c1-5-30(35-23-11-8-21(9-12-23)31(32)33)22-10-13-25-24(19-22)28-26(27(2,3)4)29(25)16-6-7-20-14-17-34-18-15-20/h8-13,19-20H,5-7,14-18H2,1-4H3. The molecule has 0 aliphatic carbocycles. The number of anilines is 1. The molecule has 7 nitrogen and oxygen atoms in total. The number of benzene rings is 2. The molecular formula is C27H36N4O3S. The third-order valence-electron chi connectivity index (χ3n) is 6.58. The molecule has 1 fully saturated rings. The first-order chi connectivity index (χ1) is 16.8. The number of aromatic nitrogens is 2. The molecule has 2 aromatic carbocycles. The molecule has 0 bridgehead atoms. The quantitative estimate of drug-likeness (QED) is 0.181. The van der Waals surface area contributed by atoms with Gasteiger partial charge in [0.15, 0.2) is 0 Å². The van der Waals surface area contributed by atoms with Gasteiger partial charge in [0, 0.05) is 54.4 Å². The van der Waals surface area contributed by atoms with Crippen LogP contribution in [-0.2, 0) is 16.7 Å². The molecule has 4 rings (SSSR count). The van der Waals surface area contributed by atoms with Crippen LogP contribution in [0.25, 0.3) is 11.0 Å². The third-order valence-corrected chi connectivity index (χ3v) is 7.75. The van der Waals surface area contributed by atoms with E-state index in [0.29, 0.717) is 0 Å². The molecule has 188 valence electrons. The van der Waals surface area contributed by atoms with Gasteiger partial charge in [-0.2, -0.15) is 0 Å². The number of imidazole rings is 1. The van der Waals surface area contributed by atoms with Crippen molar-refractivity contribution >= 4 is 34.4 Å². The lowest BCUT2D eigenvalue weighted by atomic mass is 9.94. The maximum Gasteiger partial charge on any atom is 0.269 e. The topological polar surface area (TPSA) is 73.4 Å². The molecule has 0 unspecified atom stereocenters. The van der Waals surface area contributed by atoms with Crippen LogP contribution >= 0.6 is 11.9 Å². The summed E-state index contributed by atoms with van der Waals surface area (Å²) in [5.41, 5.74) is 3.34. The van der Waals surface area contributed by atoms with Gasteiger partial charge in [-0.15, -0.1) is 0 Å². The van der Waals surface area contributed by atoms with E-state index in [1.165, 1.54) is 24.8 Å². The van der Waals surface area contributed by atoms with Crippen molar-refractivity contribution < 1.29 is 9.66 Å². The summed E-state index contributed by atoms with van der Waals surface area (Å²) in [5.74, 6) is 1.90. The molecule has 35 heavy (non-hydrogen) atoms. The number of nitro benzene ring substituents is 1. The molecule has 2 heterocycles. The zero-order valence-electron chi connectivity index (χ0n) is 21.2. The predicted octanol–water partition coefficient (Wildman–Crippen LogP) is 6.98. The van der Waals surface area contributed by atoms with Gasteiger partial charge in [0.2, 0.25) is 0 Å². The molecule has 0 radical (unpaired) electrons. The van der Waals surface area contributed by atoms with Crippen molar-refractivity contribution in [3.05, 3.63) is 58.4 Å². The van der Waals surface area contributed by atoms with Crippen LogP contribution in [0.4, 0.5) is 11.4 Å². The molecular weight excluding hydrogens is 460 g/mol. The summed E-state index contributed by atoms with van der Waals surface area (Å²) in [4.78, 5) is 16.7. The van der Waals surface area contributed by atoms with Gasteiger partial charge in [0.05, 0.1) is 16.0 Å². The van der Waals surface area contributed by atoms with E-state index in [2.05, 4.69) is 54.8 Å². The Labute approximate surface area is 212 Å². The Bertz CT molecular complexity index is 1150. The Morgan fingerprint density at radius 1 is 1.17 bits per heavy atom. The first-order valence-corrected chi connectivity index (χ1v) is 13.3. The summed E-state index contributed by atoms with van der Waals surface area (Å²) < 4.78 is 10.1. The van der Waals surface area contributed by atoms with E-state index in [1.54, 1.807) is 36.2 Å². The van der Waals surface area contributed by atoms with Gasteiger partial charge in [-0.3, -0.25) is 10.1 Å².